The lowest BCUT2D eigenvalue weighted by molar-refractivity contribution is 0.299. The summed E-state index contributed by atoms with van der Waals surface area (Å²) in [6, 6.07) is 3.50. The number of rotatable bonds is 8. The number of ether oxygens (including phenoxy) is 1. The van der Waals surface area contributed by atoms with E-state index in [-0.39, 0.29) is 11.9 Å². The van der Waals surface area contributed by atoms with E-state index in [0.29, 0.717) is 12.2 Å². The molecule has 0 aliphatic carbocycles. The molecule has 0 saturated carbocycles. The van der Waals surface area contributed by atoms with E-state index in [0.717, 1.165) is 30.7 Å². The molecule has 0 spiro atoms. The Hall–Kier alpha value is -1.09. The summed E-state index contributed by atoms with van der Waals surface area (Å²) in [6.45, 7) is 9.57. The molecule has 2 nitrogen and oxygen atoms in total. The number of hydrogen-bond donors (Lipinski definition) is 1. The number of benzene rings is 1. The van der Waals surface area contributed by atoms with Gasteiger partial charge in [-0.15, -0.1) is 0 Å². The standard InChI is InChI=1S/C16H26FNO/c1-5-7-8-9-19-16-10-12(3)15(17)11-14(16)13(4)18-6-2/h10-11,13,18H,5-9H2,1-4H3. The van der Waals surface area contributed by atoms with Gasteiger partial charge in [-0.05, 0) is 44.5 Å². The van der Waals surface area contributed by atoms with Crippen LogP contribution in [0.25, 0.3) is 0 Å². The van der Waals surface area contributed by atoms with Gasteiger partial charge in [-0.3, -0.25) is 0 Å². The zero-order chi connectivity index (χ0) is 14.3. The summed E-state index contributed by atoms with van der Waals surface area (Å²) in [5, 5.41) is 3.30. The number of unbranched alkanes of at least 4 members (excludes halogenated alkanes) is 2. The Labute approximate surface area is 116 Å². The van der Waals surface area contributed by atoms with Gasteiger partial charge in [-0.1, -0.05) is 26.7 Å². The highest BCUT2D eigenvalue weighted by Crippen LogP contribution is 2.28. The molecule has 1 aromatic carbocycles. The molecule has 0 aliphatic rings. The SMILES string of the molecule is CCCCCOc1cc(C)c(F)cc1C(C)NCC. The Morgan fingerprint density at radius 2 is 2.00 bits per heavy atom. The van der Waals surface area contributed by atoms with E-state index in [9.17, 15) is 4.39 Å². The summed E-state index contributed by atoms with van der Waals surface area (Å²) in [5.41, 5.74) is 1.54. The van der Waals surface area contributed by atoms with Crippen LogP contribution in [0, 0.1) is 12.7 Å². The highest BCUT2D eigenvalue weighted by molar-refractivity contribution is 5.40. The Bertz CT molecular complexity index is 393. The summed E-state index contributed by atoms with van der Waals surface area (Å²) in [6.07, 6.45) is 3.38. The number of nitrogens with one attached hydrogen (secondary N) is 1. The molecular weight excluding hydrogens is 241 g/mol. The van der Waals surface area contributed by atoms with Crippen LogP contribution < -0.4 is 10.1 Å². The molecule has 1 N–H and O–H groups in total. The van der Waals surface area contributed by atoms with Crippen LogP contribution in [-0.2, 0) is 0 Å². The molecule has 0 amide bonds. The van der Waals surface area contributed by atoms with Crippen LogP contribution in [0.4, 0.5) is 4.39 Å². The monoisotopic (exact) mass is 267 g/mol. The summed E-state index contributed by atoms with van der Waals surface area (Å²) in [4.78, 5) is 0. The first-order valence-corrected chi connectivity index (χ1v) is 7.26. The van der Waals surface area contributed by atoms with Gasteiger partial charge in [0.2, 0.25) is 0 Å². The van der Waals surface area contributed by atoms with Crippen LogP contribution in [0.3, 0.4) is 0 Å². The van der Waals surface area contributed by atoms with E-state index in [1.165, 1.54) is 6.42 Å². The Balaban J connectivity index is 2.83. The molecule has 3 heteroatoms. The average Bonchev–Trinajstić information content (AvgIpc) is 2.38. The van der Waals surface area contributed by atoms with Crippen LogP contribution in [0.15, 0.2) is 12.1 Å². The number of hydrogen-bond acceptors (Lipinski definition) is 2. The smallest absolute Gasteiger partial charge is 0.126 e. The maximum atomic E-state index is 13.7. The summed E-state index contributed by atoms with van der Waals surface area (Å²) in [5.74, 6) is 0.643. The van der Waals surface area contributed by atoms with Gasteiger partial charge in [0.25, 0.3) is 0 Å². The van der Waals surface area contributed by atoms with Crippen molar-refractivity contribution in [2.75, 3.05) is 13.2 Å². The molecule has 1 aromatic rings. The van der Waals surface area contributed by atoms with Crippen molar-refractivity contribution in [3.63, 3.8) is 0 Å². The maximum Gasteiger partial charge on any atom is 0.126 e. The Morgan fingerprint density at radius 1 is 1.26 bits per heavy atom. The van der Waals surface area contributed by atoms with Crippen molar-refractivity contribution in [2.45, 2.75) is 53.0 Å². The normalized spacial score (nSPS) is 12.5. The van der Waals surface area contributed by atoms with Crippen molar-refractivity contribution in [3.8, 4) is 5.75 Å². The van der Waals surface area contributed by atoms with Gasteiger partial charge in [-0.2, -0.15) is 0 Å². The van der Waals surface area contributed by atoms with Gasteiger partial charge in [0.1, 0.15) is 11.6 Å². The number of halogens is 1. The quantitative estimate of drug-likeness (QED) is 0.706. The summed E-state index contributed by atoms with van der Waals surface area (Å²) in [7, 11) is 0. The molecule has 1 rings (SSSR count). The van der Waals surface area contributed by atoms with E-state index < -0.39 is 0 Å². The van der Waals surface area contributed by atoms with Gasteiger partial charge in [-0.25, -0.2) is 4.39 Å². The summed E-state index contributed by atoms with van der Waals surface area (Å²) >= 11 is 0. The Kier molecular flexibility index (Phi) is 6.85. The van der Waals surface area contributed by atoms with Crippen molar-refractivity contribution >= 4 is 0 Å². The minimum atomic E-state index is -0.166. The van der Waals surface area contributed by atoms with Crippen LogP contribution in [0.5, 0.6) is 5.75 Å². The first-order chi connectivity index (χ1) is 9.10. The topological polar surface area (TPSA) is 21.3 Å². The third-order valence-electron chi connectivity index (χ3n) is 3.27. The van der Waals surface area contributed by atoms with Crippen LogP contribution >= 0.6 is 0 Å². The molecule has 1 unspecified atom stereocenters. The van der Waals surface area contributed by atoms with Crippen molar-refractivity contribution < 1.29 is 9.13 Å². The second-order valence-electron chi connectivity index (χ2n) is 4.97. The van der Waals surface area contributed by atoms with Gasteiger partial charge in [0.15, 0.2) is 0 Å². The van der Waals surface area contributed by atoms with E-state index in [1.54, 1.807) is 13.0 Å². The predicted octanol–water partition coefficient (Wildman–Crippen LogP) is 4.37. The molecule has 19 heavy (non-hydrogen) atoms. The maximum absolute atomic E-state index is 13.7. The molecule has 0 radical (unpaired) electrons. The molecule has 1 atom stereocenters. The average molecular weight is 267 g/mol. The Morgan fingerprint density at radius 3 is 2.63 bits per heavy atom. The molecule has 0 fully saturated rings. The number of aryl methyl sites for hydroxylation is 1. The van der Waals surface area contributed by atoms with E-state index in [1.807, 2.05) is 19.9 Å². The molecule has 0 heterocycles. The summed E-state index contributed by atoms with van der Waals surface area (Å²) < 4.78 is 19.6. The van der Waals surface area contributed by atoms with Crippen LogP contribution in [0.1, 0.15) is 57.2 Å². The minimum absolute atomic E-state index is 0.0984. The first kappa shape index (κ1) is 16.0. The minimum Gasteiger partial charge on any atom is -0.493 e. The van der Waals surface area contributed by atoms with Crippen LogP contribution in [0.2, 0.25) is 0 Å². The van der Waals surface area contributed by atoms with Crippen molar-refractivity contribution in [2.24, 2.45) is 0 Å². The van der Waals surface area contributed by atoms with Crippen molar-refractivity contribution in [1.82, 2.24) is 5.32 Å². The lowest BCUT2D eigenvalue weighted by Crippen LogP contribution is -2.19. The van der Waals surface area contributed by atoms with E-state index >= 15 is 0 Å². The van der Waals surface area contributed by atoms with Crippen molar-refractivity contribution in [1.29, 1.82) is 0 Å². The highest BCUT2D eigenvalue weighted by atomic mass is 19.1. The second kappa shape index (κ2) is 8.16. The lowest BCUT2D eigenvalue weighted by Gasteiger charge is -2.18. The second-order valence-corrected chi connectivity index (χ2v) is 4.97. The third kappa shape index (κ3) is 4.83. The molecule has 0 aromatic heterocycles. The fourth-order valence-corrected chi connectivity index (χ4v) is 2.08. The largest absolute Gasteiger partial charge is 0.493 e. The molecular formula is C16H26FNO. The van der Waals surface area contributed by atoms with E-state index in [2.05, 4.69) is 12.2 Å². The zero-order valence-corrected chi connectivity index (χ0v) is 12.6. The van der Waals surface area contributed by atoms with Crippen molar-refractivity contribution in [3.05, 3.63) is 29.1 Å². The third-order valence-corrected chi connectivity index (χ3v) is 3.27. The zero-order valence-electron chi connectivity index (χ0n) is 12.6. The molecule has 0 saturated heterocycles. The predicted molar refractivity (Wildman–Crippen MR) is 78.2 cm³/mol. The fourth-order valence-electron chi connectivity index (χ4n) is 2.08. The van der Waals surface area contributed by atoms with Gasteiger partial charge in [0.05, 0.1) is 6.61 Å². The van der Waals surface area contributed by atoms with Crippen LogP contribution in [-0.4, -0.2) is 13.2 Å². The van der Waals surface area contributed by atoms with Gasteiger partial charge in [0, 0.05) is 11.6 Å². The highest BCUT2D eigenvalue weighted by Gasteiger charge is 2.14. The van der Waals surface area contributed by atoms with E-state index in [4.69, 9.17) is 4.74 Å². The lowest BCUT2D eigenvalue weighted by atomic mass is 10.0. The van der Waals surface area contributed by atoms with Gasteiger partial charge >= 0.3 is 0 Å². The van der Waals surface area contributed by atoms with Gasteiger partial charge < -0.3 is 10.1 Å². The molecule has 0 aliphatic heterocycles. The fraction of sp³-hybridized carbons (Fsp3) is 0.625. The first-order valence-electron chi connectivity index (χ1n) is 7.26. The molecule has 0 bridgehead atoms. The molecule has 108 valence electrons.